The summed E-state index contributed by atoms with van der Waals surface area (Å²) in [4.78, 5) is 4.34. The SMILES string of the molecule is C=CCOc1cccc(N=C(C)C)c1. The van der Waals surface area contributed by atoms with E-state index in [1.54, 1.807) is 6.08 Å². The highest BCUT2D eigenvalue weighted by Gasteiger charge is 1.94. The van der Waals surface area contributed by atoms with Gasteiger partial charge in [0.15, 0.2) is 0 Å². The molecule has 0 spiro atoms. The van der Waals surface area contributed by atoms with Crippen molar-refractivity contribution in [2.75, 3.05) is 6.61 Å². The van der Waals surface area contributed by atoms with Gasteiger partial charge in [0.1, 0.15) is 12.4 Å². The molecule has 0 atom stereocenters. The average molecular weight is 189 g/mol. The second kappa shape index (κ2) is 5.22. The largest absolute Gasteiger partial charge is 0.489 e. The van der Waals surface area contributed by atoms with Crippen LogP contribution in [-0.4, -0.2) is 12.3 Å². The number of rotatable bonds is 4. The van der Waals surface area contributed by atoms with Crippen LogP contribution in [0.25, 0.3) is 0 Å². The van der Waals surface area contributed by atoms with E-state index in [0.29, 0.717) is 6.61 Å². The van der Waals surface area contributed by atoms with Gasteiger partial charge in [-0.3, -0.25) is 4.99 Å². The van der Waals surface area contributed by atoms with E-state index in [1.807, 2.05) is 38.1 Å². The van der Waals surface area contributed by atoms with Crippen molar-refractivity contribution < 1.29 is 4.74 Å². The van der Waals surface area contributed by atoms with Crippen LogP contribution in [0, 0.1) is 0 Å². The van der Waals surface area contributed by atoms with E-state index >= 15 is 0 Å². The van der Waals surface area contributed by atoms with Crippen LogP contribution in [-0.2, 0) is 0 Å². The molecule has 0 saturated carbocycles. The molecule has 0 fully saturated rings. The third-order valence-corrected chi connectivity index (χ3v) is 1.54. The molecule has 0 amide bonds. The molecule has 2 nitrogen and oxygen atoms in total. The maximum Gasteiger partial charge on any atom is 0.121 e. The lowest BCUT2D eigenvalue weighted by Gasteiger charge is -2.03. The van der Waals surface area contributed by atoms with Crippen molar-refractivity contribution in [3.8, 4) is 5.75 Å². The Kier molecular flexibility index (Phi) is 3.92. The lowest BCUT2D eigenvalue weighted by atomic mass is 10.3. The van der Waals surface area contributed by atoms with Crippen LogP contribution >= 0.6 is 0 Å². The molecule has 0 radical (unpaired) electrons. The molecule has 0 aliphatic heterocycles. The Morgan fingerprint density at radius 3 is 2.93 bits per heavy atom. The lowest BCUT2D eigenvalue weighted by molar-refractivity contribution is 0.363. The van der Waals surface area contributed by atoms with E-state index in [1.165, 1.54) is 0 Å². The van der Waals surface area contributed by atoms with Crippen molar-refractivity contribution >= 4 is 11.4 Å². The molecule has 0 unspecified atom stereocenters. The van der Waals surface area contributed by atoms with E-state index in [9.17, 15) is 0 Å². The highest BCUT2D eigenvalue weighted by atomic mass is 16.5. The quantitative estimate of drug-likeness (QED) is 0.525. The first-order valence-electron chi connectivity index (χ1n) is 4.58. The minimum atomic E-state index is 0.526. The Labute approximate surface area is 84.9 Å². The smallest absolute Gasteiger partial charge is 0.121 e. The lowest BCUT2D eigenvalue weighted by Crippen LogP contribution is -1.91. The van der Waals surface area contributed by atoms with Gasteiger partial charge >= 0.3 is 0 Å². The summed E-state index contributed by atoms with van der Waals surface area (Å²) in [7, 11) is 0. The normalized spacial score (nSPS) is 9.29. The van der Waals surface area contributed by atoms with Crippen LogP contribution in [0.2, 0.25) is 0 Å². The van der Waals surface area contributed by atoms with Gasteiger partial charge in [-0.1, -0.05) is 18.7 Å². The number of hydrogen-bond acceptors (Lipinski definition) is 2. The standard InChI is InChI=1S/C12H15NO/c1-4-8-14-12-7-5-6-11(9-12)13-10(2)3/h4-7,9H,1,8H2,2-3H3. The van der Waals surface area contributed by atoms with Crippen LogP contribution in [0.15, 0.2) is 41.9 Å². The summed E-state index contributed by atoms with van der Waals surface area (Å²) in [5.74, 6) is 0.826. The zero-order valence-corrected chi connectivity index (χ0v) is 8.66. The highest BCUT2D eigenvalue weighted by Crippen LogP contribution is 2.19. The van der Waals surface area contributed by atoms with E-state index in [-0.39, 0.29) is 0 Å². The molecular weight excluding hydrogens is 174 g/mol. The van der Waals surface area contributed by atoms with Gasteiger partial charge in [-0.05, 0) is 26.0 Å². The van der Waals surface area contributed by atoms with Crippen molar-refractivity contribution in [2.45, 2.75) is 13.8 Å². The summed E-state index contributed by atoms with van der Waals surface area (Å²) < 4.78 is 5.39. The van der Waals surface area contributed by atoms with Crippen molar-refractivity contribution in [3.63, 3.8) is 0 Å². The van der Waals surface area contributed by atoms with E-state index in [0.717, 1.165) is 17.1 Å². The highest BCUT2D eigenvalue weighted by molar-refractivity contribution is 5.82. The Bertz CT molecular complexity index is 338. The van der Waals surface area contributed by atoms with Crippen LogP contribution < -0.4 is 4.74 Å². The minimum Gasteiger partial charge on any atom is -0.489 e. The zero-order chi connectivity index (χ0) is 10.4. The van der Waals surface area contributed by atoms with Crippen LogP contribution in [0.3, 0.4) is 0 Å². The van der Waals surface area contributed by atoms with Crippen LogP contribution in [0.5, 0.6) is 5.75 Å². The number of hydrogen-bond donors (Lipinski definition) is 0. The second-order valence-corrected chi connectivity index (χ2v) is 3.16. The van der Waals surface area contributed by atoms with E-state index in [2.05, 4.69) is 11.6 Å². The Morgan fingerprint density at radius 1 is 1.50 bits per heavy atom. The van der Waals surface area contributed by atoms with Gasteiger partial charge < -0.3 is 4.74 Å². The number of benzene rings is 1. The third kappa shape index (κ3) is 3.44. The topological polar surface area (TPSA) is 21.6 Å². The molecular formula is C12H15NO. The first kappa shape index (κ1) is 10.5. The summed E-state index contributed by atoms with van der Waals surface area (Å²) in [5.41, 5.74) is 1.96. The molecule has 0 aliphatic carbocycles. The summed E-state index contributed by atoms with van der Waals surface area (Å²) in [5, 5.41) is 0. The van der Waals surface area contributed by atoms with Crippen molar-refractivity contribution in [1.82, 2.24) is 0 Å². The van der Waals surface area contributed by atoms with E-state index < -0.39 is 0 Å². The number of nitrogens with zero attached hydrogens (tertiary/aromatic N) is 1. The molecule has 0 saturated heterocycles. The molecule has 1 rings (SSSR count). The minimum absolute atomic E-state index is 0.526. The first-order valence-corrected chi connectivity index (χ1v) is 4.58. The Hall–Kier alpha value is -1.57. The molecule has 0 aliphatic rings. The molecule has 0 bridgehead atoms. The number of aliphatic imine (C=N–C) groups is 1. The fraction of sp³-hybridized carbons (Fsp3) is 0.250. The molecule has 0 N–H and O–H groups in total. The van der Waals surface area contributed by atoms with Crippen LogP contribution in [0.4, 0.5) is 5.69 Å². The fourth-order valence-corrected chi connectivity index (χ4v) is 1.06. The van der Waals surface area contributed by atoms with Gasteiger partial charge in [0.25, 0.3) is 0 Å². The van der Waals surface area contributed by atoms with Crippen molar-refractivity contribution in [2.24, 2.45) is 4.99 Å². The summed E-state index contributed by atoms with van der Waals surface area (Å²) in [6.45, 7) is 8.06. The average Bonchev–Trinajstić information content (AvgIpc) is 2.14. The fourth-order valence-electron chi connectivity index (χ4n) is 1.06. The predicted molar refractivity (Wildman–Crippen MR) is 60.6 cm³/mol. The maximum atomic E-state index is 5.39. The van der Waals surface area contributed by atoms with Gasteiger partial charge in [0.2, 0.25) is 0 Å². The van der Waals surface area contributed by atoms with Gasteiger partial charge in [-0.25, -0.2) is 0 Å². The first-order chi connectivity index (χ1) is 6.72. The Morgan fingerprint density at radius 2 is 2.29 bits per heavy atom. The van der Waals surface area contributed by atoms with Crippen molar-refractivity contribution in [1.29, 1.82) is 0 Å². The van der Waals surface area contributed by atoms with Gasteiger partial charge in [0.05, 0.1) is 5.69 Å². The molecule has 2 heteroatoms. The zero-order valence-electron chi connectivity index (χ0n) is 8.66. The van der Waals surface area contributed by atoms with Gasteiger partial charge in [-0.2, -0.15) is 0 Å². The summed E-state index contributed by atoms with van der Waals surface area (Å²) in [6, 6.07) is 7.71. The van der Waals surface area contributed by atoms with Gasteiger partial charge in [-0.15, -0.1) is 0 Å². The summed E-state index contributed by atoms with van der Waals surface area (Å²) in [6.07, 6.45) is 1.72. The molecule has 0 heterocycles. The Balaban J connectivity index is 2.78. The van der Waals surface area contributed by atoms with Crippen molar-refractivity contribution in [3.05, 3.63) is 36.9 Å². The predicted octanol–water partition coefficient (Wildman–Crippen LogP) is 3.36. The number of ether oxygens (including phenoxy) is 1. The monoisotopic (exact) mass is 189 g/mol. The van der Waals surface area contributed by atoms with Gasteiger partial charge in [0, 0.05) is 11.8 Å². The third-order valence-electron chi connectivity index (χ3n) is 1.54. The molecule has 14 heavy (non-hydrogen) atoms. The molecule has 0 aromatic heterocycles. The van der Waals surface area contributed by atoms with E-state index in [4.69, 9.17) is 4.74 Å². The molecule has 1 aromatic rings. The molecule has 74 valence electrons. The molecule has 1 aromatic carbocycles. The maximum absolute atomic E-state index is 5.39. The summed E-state index contributed by atoms with van der Waals surface area (Å²) >= 11 is 0. The van der Waals surface area contributed by atoms with Crippen LogP contribution in [0.1, 0.15) is 13.8 Å². The second-order valence-electron chi connectivity index (χ2n) is 3.16.